The van der Waals surface area contributed by atoms with Crippen LogP contribution in [0.5, 0.6) is 0 Å². The third kappa shape index (κ3) is 5.19. The van der Waals surface area contributed by atoms with Crippen molar-refractivity contribution in [1.29, 1.82) is 0 Å². The van der Waals surface area contributed by atoms with Gasteiger partial charge in [-0.15, -0.1) is 0 Å². The van der Waals surface area contributed by atoms with Crippen LogP contribution in [0.3, 0.4) is 0 Å². The van der Waals surface area contributed by atoms with Crippen LogP contribution < -0.4 is 15.9 Å². The number of carbonyl (C=O) groups excluding carboxylic acids is 1. The SMILES string of the molecule is CC(C=CC1C(C)C(=O)C(O)CC1(C)C)=CCP(Br)(c1ccccc1)(c1ccccc1)c1ccccc1. The summed E-state index contributed by atoms with van der Waals surface area (Å²) in [5.41, 5.74) is 1.02. The second kappa shape index (κ2) is 10.8. The molecule has 1 aliphatic rings. The van der Waals surface area contributed by atoms with Crippen LogP contribution in [0.2, 0.25) is 0 Å². The summed E-state index contributed by atoms with van der Waals surface area (Å²) in [5, 5.41) is 11.1. The standard InChI is InChI=1S/C33H38BrO2P/c1-25(20-21-30-26(2)32(36)31(35)24-33(30,3)4)22-23-37(34,27-14-8-5-9-15-27,28-16-10-6-11-17-28)29-18-12-7-13-19-29/h5-22,26,30-31,35H,23-24H2,1-4H3. The topological polar surface area (TPSA) is 37.3 Å². The van der Waals surface area contributed by atoms with Crippen LogP contribution in [0.15, 0.2) is 115 Å². The fourth-order valence-corrected chi connectivity index (χ4v) is 13.0. The van der Waals surface area contributed by atoms with Gasteiger partial charge in [-0.2, -0.15) is 0 Å². The summed E-state index contributed by atoms with van der Waals surface area (Å²) in [4.78, 5) is 12.5. The first-order chi connectivity index (χ1) is 17.6. The van der Waals surface area contributed by atoms with Gasteiger partial charge in [0.15, 0.2) is 0 Å². The van der Waals surface area contributed by atoms with E-state index in [-0.39, 0.29) is 23.0 Å². The summed E-state index contributed by atoms with van der Waals surface area (Å²) in [6.07, 6.45) is 7.17. The van der Waals surface area contributed by atoms with Crippen molar-refractivity contribution < 1.29 is 9.90 Å². The molecule has 1 aliphatic carbocycles. The minimum absolute atomic E-state index is 0.0433. The summed E-state index contributed by atoms with van der Waals surface area (Å²) in [5.74, 6) is -0.155. The molecule has 1 N–H and O–H groups in total. The van der Waals surface area contributed by atoms with Gasteiger partial charge in [-0.05, 0) is 0 Å². The first kappa shape index (κ1) is 27.7. The first-order valence-electron chi connectivity index (χ1n) is 13.0. The van der Waals surface area contributed by atoms with Crippen LogP contribution in [0.4, 0.5) is 0 Å². The van der Waals surface area contributed by atoms with E-state index in [0.717, 1.165) is 11.7 Å². The Morgan fingerprint density at radius 1 is 0.919 bits per heavy atom. The normalized spacial score (nSPS) is 23.5. The molecule has 0 saturated heterocycles. The molecule has 0 spiro atoms. The number of allylic oxidation sites excluding steroid dienone is 4. The van der Waals surface area contributed by atoms with Crippen LogP contribution in [-0.4, -0.2) is 23.2 Å². The number of benzene rings is 3. The molecule has 1 saturated carbocycles. The van der Waals surface area contributed by atoms with Crippen LogP contribution in [0, 0.1) is 17.3 Å². The molecule has 4 rings (SSSR count). The molecule has 37 heavy (non-hydrogen) atoms. The Kier molecular flexibility index (Phi) is 8.10. The molecule has 0 aromatic heterocycles. The third-order valence-corrected chi connectivity index (χ3v) is 17.7. The zero-order chi connectivity index (χ0) is 26.7. The molecule has 3 unspecified atom stereocenters. The molecule has 194 valence electrons. The van der Waals surface area contributed by atoms with Gasteiger partial charge in [0.1, 0.15) is 0 Å². The number of aliphatic hydroxyl groups is 1. The fourth-order valence-electron chi connectivity index (χ4n) is 5.94. The third-order valence-electron chi connectivity index (χ3n) is 8.14. The molecule has 2 nitrogen and oxygen atoms in total. The summed E-state index contributed by atoms with van der Waals surface area (Å²) >= 11 is 4.51. The van der Waals surface area contributed by atoms with E-state index >= 15 is 0 Å². The molecule has 3 atom stereocenters. The Morgan fingerprint density at radius 2 is 1.35 bits per heavy atom. The van der Waals surface area contributed by atoms with E-state index in [0.29, 0.717) is 6.42 Å². The minimum atomic E-state index is -3.02. The number of hydrogen-bond donors (Lipinski definition) is 1. The van der Waals surface area contributed by atoms with E-state index in [2.05, 4.69) is 145 Å². The fraction of sp³-hybridized carbons (Fsp3) is 0.303. The van der Waals surface area contributed by atoms with Crippen molar-refractivity contribution in [3.63, 3.8) is 0 Å². The number of aliphatic hydroxyl groups excluding tert-OH is 1. The molecule has 1 fully saturated rings. The second-order valence-electron chi connectivity index (χ2n) is 11.1. The van der Waals surface area contributed by atoms with E-state index in [4.69, 9.17) is 0 Å². The molecule has 4 heteroatoms. The predicted octanol–water partition coefficient (Wildman–Crippen LogP) is 6.94. The Bertz CT molecular complexity index is 1180. The average Bonchev–Trinajstić information content (AvgIpc) is 2.91. The van der Waals surface area contributed by atoms with E-state index in [9.17, 15) is 9.90 Å². The van der Waals surface area contributed by atoms with Crippen LogP contribution in [0.25, 0.3) is 0 Å². The van der Waals surface area contributed by atoms with Gasteiger partial charge in [-0.25, -0.2) is 0 Å². The van der Waals surface area contributed by atoms with Crippen LogP contribution in [-0.2, 0) is 4.79 Å². The van der Waals surface area contributed by atoms with Gasteiger partial charge in [-0.3, -0.25) is 0 Å². The van der Waals surface area contributed by atoms with Crippen LogP contribution in [0.1, 0.15) is 34.1 Å². The monoisotopic (exact) mass is 576 g/mol. The van der Waals surface area contributed by atoms with Crippen molar-refractivity contribution in [2.75, 3.05) is 6.16 Å². The van der Waals surface area contributed by atoms with Crippen molar-refractivity contribution in [2.45, 2.75) is 40.2 Å². The Labute approximate surface area is 230 Å². The zero-order valence-corrected chi connectivity index (χ0v) is 24.7. The van der Waals surface area contributed by atoms with Gasteiger partial charge in [0.05, 0.1) is 0 Å². The van der Waals surface area contributed by atoms with Gasteiger partial charge in [0, 0.05) is 0 Å². The number of hydrogen-bond acceptors (Lipinski definition) is 2. The maximum absolute atomic E-state index is 12.5. The molecule has 0 radical (unpaired) electrons. The summed E-state index contributed by atoms with van der Waals surface area (Å²) in [6.45, 7) is 8.39. The Morgan fingerprint density at radius 3 is 1.78 bits per heavy atom. The molecule has 0 bridgehead atoms. The van der Waals surface area contributed by atoms with Gasteiger partial charge in [-0.1, -0.05) is 0 Å². The molecular formula is C33H38BrO2P. The predicted molar refractivity (Wildman–Crippen MR) is 164 cm³/mol. The summed E-state index contributed by atoms with van der Waals surface area (Å²) in [7, 11) is 0. The average molecular weight is 578 g/mol. The molecule has 3 aromatic rings. The Hall–Kier alpha value is -2.32. The van der Waals surface area contributed by atoms with Crippen LogP contribution >= 0.6 is 20.8 Å². The van der Waals surface area contributed by atoms with Crippen molar-refractivity contribution >= 4 is 42.5 Å². The number of ketones is 1. The summed E-state index contributed by atoms with van der Waals surface area (Å²) in [6, 6.07) is 32.4. The van der Waals surface area contributed by atoms with Crippen molar-refractivity contribution in [3.8, 4) is 0 Å². The zero-order valence-electron chi connectivity index (χ0n) is 22.2. The van der Waals surface area contributed by atoms with Gasteiger partial charge in [0.25, 0.3) is 0 Å². The van der Waals surface area contributed by atoms with E-state index < -0.39 is 11.4 Å². The second-order valence-corrected chi connectivity index (χ2v) is 20.1. The molecule has 0 amide bonds. The quantitative estimate of drug-likeness (QED) is 0.244. The maximum atomic E-state index is 12.5. The van der Waals surface area contributed by atoms with E-state index in [1.54, 1.807) is 0 Å². The van der Waals surface area contributed by atoms with E-state index in [1.807, 2.05) is 6.92 Å². The molecule has 0 aliphatic heterocycles. The molecule has 0 heterocycles. The molecular weight excluding hydrogens is 539 g/mol. The number of Topliss-reactive ketones (excluding diaryl/α,β-unsaturated/α-hetero) is 1. The molecule has 3 aromatic carbocycles. The van der Waals surface area contributed by atoms with Gasteiger partial charge < -0.3 is 0 Å². The Balaban J connectivity index is 1.79. The number of carbonyl (C=O) groups is 1. The summed E-state index contributed by atoms with van der Waals surface area (Å²) < 4.78 is 0. The number of rotatable bonds is 7. The van der Waals surface area contributed by atoms with Gasteiger partial charge in [0.2, 0.25) is 0 Å². The van der Waals surface area contributed by atoms with E-state index in [1.165, 1.54) is 15.9 Å². The van der Waals surface area contributed by atoms with Crippen molar-refractivity contribution in [3.05, 3.63) is 115 Å². The number of halogens is 1. The van der Waals surface area contributed by atoms with Crippen molar-refractivity contribution in [1.82, 2.24) is 0 Å². The van der Waals surface area contributed by atoms with Crippen molar-refractivity contribution in [2.24, 2.45) is 17.3 Å². The first-order valence-corrected chi connectivity index (χ1v) is 17.5. The van der Waals surface area contributed by atoms with Gasteiger partial charge >= 0.3 is 231 Å².